The Labute approximate surface area is 184 Å². The van der Waals surface area contributed by atoms with Crippen LogP contribution in [0.5, 0.6) is 0 Å². The van der Waals surface area contributed by atoms with Crippen molar-refractivity contribution in [3.05, 3.63) is 82.9 Å². The predicted molar refractivity (Wildman–Crippen MR) is 126 cm³/mol. The van der Waals surface area contributed by atoms with E-state index in [2.05, 4.69) is 28.3 Å². The number of hydrogen-bond acceptors (Lipinski definition) is 4. The molecule has 0 bridgehead atoms. The Hall–Kier alpha value is -3.58. The molecule has 1 fully saturated rings. The molecular weight excluding hydrogens is 410 g/mol. The van der Waals surface area contributed by atoms with Crippen LogP contribution in [0.4, 0.5) is 5.69 Å². The number of aromatic carboxylic acids is 1. The van der Waals surface area contributed by atoms with Crippen LogP contribution in [-0.4, -0.2) is 38.7 Å². The van der Waals surface area contributed by atoms with E-state index < -0.39 is 5.97 Å². The molecule has 31 heavy (non-hydrogen) atoms. The monoisotopic (exact) mass is 431 g/mol. The number of rotatable bonds is 5. The highest BCUT2D eigenvalue weighted by Crippen LogP contribution is 2.36. The molecule has 0 radical (unpaired) electrons. The van der Waals surface area contributed by atoms with Gasteiger partial charge in [0.1, 0.15) is 0 Å². The minimum atomic E-state index is -1.02. The summed E-state index contributed by atoms with van der Waals surface area (Å²) in [6.07, 6.45) is 3.77. The Morgan fingerprint density at radius 1 is 1.23 bits per heavy atom. The Balaban J connectivity index is 1.75. The van der Waals surface area contributed by atoms with Crippen molar-refractivity contribution in [3.8, 4) is 0 Å². The number of aliphatic imine (C=N–C) groups is 1. The lowest BCUT2D eigenvalue weighted by atomic mass is 10.1. The standard InChI is InChI=1S/C24H21N3O3S/c1-4-12-27-15(2)19(18-10-5-6-11-20(18)27)14-21-22(28)26(3)24(31-21)25-17-9-7-8-16(13-17)23(29)30/h4-11,13-14H,1,12H2,2-3H3,(H,29,30)/b21-14-,25-24?. The molecule has 7 heteroatoms. The SMILES string of the molecule is C=CCn1c(C)c(/C=C2\SC(=Nc3cccc(C(=O)O)c3)N(C)C2=O)c2ccccc21. The molecular formula is C24H21N3O3S. The number of amides is 1. The van der Waals surface area contributed by atoms with Crippen LogP contribution in [-0.2, 0) is 11.3 Å². The molecule has 1 saturated heterocycles. The van der Waals surface area contributed by atoms with E-state index in [-0.39, 0.29) is 11.5 Å². The van der Waals surface area contributed by atoms with Crippen molar-refractivity contribution in [1.82, 2.24) is 9.47 Å². The van der Waals surface area contributed by atoms with E-state index in [9.17, 15) is 14.7 Å². The first kappa shape index (κ1) is 20.7. The quantitative estimate of drug-likeness (QED) is 0.452. The van der Waals surface area contributed by atoms with E-state index in [0.29, 0.717) is 22.3 Å². The fourth-order valence-electron chi connectivity index (χ4n) is 3.61. The van der Waals surface area contributed by atoms with E-state index in [1.54, 1.807) is 19.2 Å². The van der Waals surface area contributed by atoms with Gasteiger partial charge in [-0.05, 0) is 49.0 Å². The van der Waals surface area contributed by atoms with Crippen molar-refractivity contribution >= 4 is 51.5 Å². The number of fused-ring (bicyclic) bond motifs is 1. The molecule has 0 aliphatic carbocycles. The molecule has 1 aromatic heterocycles. The summed E-state index contributed by atoms with van der Waals surface area (Å²) < 4.78 is 2.18. The largest absolute Gasteiger partial charge is 0.478 e. The first-order valence-electron chi connectivity index (χ1n) is 9.69. The van der Waals surface area contributed by atoms with E-state index >= 15 is 0 Å². The van der Waals surface area contributed by atoms with E-state index in [1.807, 2.05) is 31.2 Å². The molecule has 4 rings (SSSR count). The molecule has 0 spiro atoms. The lowest BCUT2D eigenvalue weighted by Crippen LogP contribution is -2.23. The van der Waals surface area contributed by atoms with Gasteiger partial charge in [-0.2, -0.15) is 0 Å². The summed E-state index contributed by atoms with van der Waals surface area (Å²) >= 11 is 1.28. The van der Waals surface area contributed by atoms with Crippen LogP contribution in [0.15, 0.2) is 71.1 Å². The number of carbonyl (C=O) groups excluding carboxylic acids is 1. The number of para-hydroxylation sites is 1. The van der Waals surface area contributed by atoms with Gasteiger partial charge in [-0.15, -0.1) is 6.58 Å². The zero-order valence-electron chi connectivity index (χ0n) is 17.2. The smallest absolute Gasteiger partial charge is 0.335 e. The van der Waals surface area contributed by atoms with Crippen LogP contribution >= 0.6 is 11.8 Å². The fourth-order valence-corrected chi connectivity index (χ4v) is 4.57. The van der Waals surface area contributed by atoms with Gasteiger partial charge in [0.15, 0.2) is 5.17 Å². The van der Waals surface area contributed by atoms with Crippen molar-refractivity contribution in [2.75, 3.05) is 7.05 Å². The highest BCUT2D eigenvalue weighted by Gasteiger charge is 2.31. The van der Waals surface area contributed by atoms with E-state index in [1.165, 1.54) is 28.8 Å². The molecule has 2 aromatic carbocycles. The maximum Gasteiger partial charge on any atom is 0.335 e. The number of carbonyl (C=O) groups is 2. The number of allylic oxidation sites excluding steroid dienone is 1. The summed E-state index contributed by atoms with van der Waals surface area (Å²) in [5.41, 5.74) is 3.79. The van der Waals surface area contributed by atoms with Gasteiger partial charge in [-0.1, -0.05) is 30.3 Å². The molecule has 156 valence electrons. The Bertz CT molecular complexity index is 1290. The summed E-state index contributed by atoms with van der Waals surface area (Å²) in [6.45, 7) is 6.57. The summed E-state index contributed by atoms with van der Waals surface area (Å²) in [6, 6.07) is 14.4. The average Bonchev–Trinajstić information content (AvgIpc) is 3.18. The summed E-state index contributed by atoms with van der Waals surface area (Å²) in [5.74, 6) is -1.16. The molecule has 2 heterocycles. The normalized spacial score (nSPS) is 16.6. The van der Waals surface area contributed by atoms with Crippen LogP contribution in [0.1, 0.15) is 21.6 Å². The van der Waals surface area contributed by atoms with Gasteiger partial charge in [-0.25, -0.2) is 9.79 Å². The van der Waals surface area contributed by atoms with Crippen molar-refractivity contribution in [3.63, 3.8) is 0 Å². The minimum Gasteiger partial charge on any atom is -0.478 e. The van der Waals surface area contributed by atoms with Crippen molar-refractivity contribution in [2.45, 2.75) is 13.5 Å². The molecule has 1 aliphatic heterocycles. The first-order valence-corrected chi connectivity index (χ1v) is 10.5. The van der Waals surface area contributed by atoms with Gasteiger partial charge in [0.2, 0.25) is 0 Å². The van der Waals surface area contributed by atoms with E-state index in [0.717, 1.165) is 22.2 Å². The second-order valence-electron chi connectivity index (χ2n) is 7.14. The predicted octanol–water partition coefficient (Wildman–Crippen LogP) is 5.07. The number of benzene rings is 2. The zero-order chi connectivity index (χ0) is 22.1. The van der Waals surface area contributed by atoms with Crippen LogP contribution in [0.2, 0.25) is 0 Å². The molecule has 1 aliphatic rings. The fraction of sp³-hybridized carbons (Fsp3) is 0.125. The number of carboxylic acids is 1. The Morgan fingerprint density at radius 2 is 2.00 bits per heavy atom. The van der Waals surface area contributed by atoms with Crippen molar-refractivity contribution in [1.29, 1.82) is 0 Å². The molecule has 1 amide bonds. The lowest BCUT2D eigenvalue weighted by Gasteiger charge is -2.07. The molecule has 0 saturated carbocycles. The summed E-state index contributed by atoms with van der Waals surface area (Å²) in [5, 5.41) is 10.8. The molecule has 6 nitrogen and oxygen atoms in total. The third kappa shape index (κ3) is 3.80. The van der Waals surface area contributed by atoms with Crippen LogP contribution in [0, 0.1) is 6.92 Å². The minimum absolute atomic E-state index is 0.141. The first-order chi connectivity index (χ1) is 14.9. The third-order valence-corrected chi connectivity index (χ3v) is 6.25. The van der Waals surface area contributed by atoms with Crippen LogP contribution < -0.4 is 0 Å². The maximum absolute atomic E-state index is 12.9. The van der Waals surface area contributed by atoms with Gasteiger partial charge in [0, 0.05) is 35.8 Å². The number of carboxylic acid groups (broad SMARTS) is 1. The van der Waals surface area contributed by atoms with Gasteiger partial charge >= 0.3 is 5.97 Å². The molecule has 0 unspecified atom stereocenters. The second kappa shape index (κ2) is 8.28. The van der Waals surface area contributed by atoms with Crippen molar-refractivity contribution < 1.29 is 14.7 Å². The summed E-state index contributed by atoms with van der Waals surface area (Å²) in [4.78, 5) is 30.7. The van der Waals surface area contributed by atoms with Gasteiger partial charge in [0.05, 0.1) is 16.2 Å². The number of nitrogens with zero attached hydrogens (tertiary/aromatic N) is 3. The molecule has 3 aromatic rings. The number of hydrogen-bond donors (Lipinski definition) is 1. The summed E-state index contributed by atoms with van der Waals surface area (Å²) in [7, 11) is 1.67. The van der Waals surface area contributed by atoms with E-state index in [4.69, 9.17) is 0 Å². The highest BCUT2D eigenvalue weighted by atomic mass is 32.2. The van der Waals surface area contributed by atoms with Crippen LogP contribution in [0.3, 0.4) is 0 Å². The molecule has 1 N–H and O–H groups in total. The Kier molecular flexibility index (Phi) is 5.52. The molecule has 0 atom stereocenters. The van der Waals surface area contributed by atoms with Gasteiger partial charge < -0.3 is 9.67 Å². The number of aromatic nitrogens is 1. The van der Waals surface area contributed by atoms with Gasteiger partial charge in [-0.3, -0.25) is 9.69 Å². The number of amidine groups is 1. The topological polar surface area (TPSA) is 74.9 Å². The lowest BCUT2D eigenvalue weighted by molar-refractivity contribution is -0.121. The van der Waals surface area contributed by atoms with Crippen LogP contribution in [0.25, 0.3) is 17.0 Å². The second-order valence-corrected chi connectivity index (χ2v) is 8.15. The highest BCUT2D eigenvalue weighted by molar-refractivity contribution is 8.18. The Morgan fingerprint density at radius 3 is 2.74 bits per heavy atom. The average molecular weight is 432 g/mol. The van der Waals surface area contributed by atoms with Gasteiger partial charge in [0.25, 0.3) is 5.91 Å². The number of likely N-dealkylation sites (N-methyl/N-ethyl adjacent to an activating group) is 1. The third-order valence-electron chi connectivity index (χ3n) is 5.19. The number of thioether (sulfide) groups is 1. The zero-order valence-corrected chi connectivity index (χ0v) is 18.0. The maximum atomic E-state index is 12.9. The van der Waals surface area contributed by atoms with Crippen molar-refractivity contribution in [2.24, 2.45) is 4.99 Å².